The van der Waals surface area contributed by atoms with E-state index in [1.54, 1.807) is 12.1 Å². The molecule has 0 aromatic carbocycles. The number of aromatic nitrogens is 3. The second-order valence-electron chi connectivity index (χ2n) is 5.72. The highest BCUT2D eigenvalue weighted by Crippen LogP contribution is 2.12. The molecule has 8 nitrogen and oxygen atoms in total. The highest BCUT2D eigenvalue weighted by Gasteiger charge is 2.25. The summed E-state index contributed by atoms with van der Waals surface area (Å²) >= 11 is 0. The minimum atomic E-state index is -0.880. The van der Waals surface area contributed by atoms with Crippen LogP contribution in [0.2, 0.25) is 0 Å². The second kappa shape index (κ2) is 6.55. The van der Waals surface area contributed by atoms with E-state index >= 15 is 0 Å². The molecule has 0 unspecified atom stereocenters. The Morgan fingerprint density at radius 1 is 1.22 bits per heavy atom. The van der Waals surface area contributed by atoms with Crippen LogP contribution in [0.3, 0.4) is 0 Å². The molecule has 2 rings (SSSR count). The molecule has 0 aliphatic heterocycles. The van der Waals surface area contributed by atoms with Gasteiger partial charge in [-0.2, -0.15) is 0 Å². The van der Waals surface area contributed by atoms with E-state index in [0.29, 0.717) is 12.1 Å². The van der Waals surface area contributed by atoms with Crippen molar-refractivity contribution in [3.8, 4) is 0 Å². The molecular formula is C15H18N4O4. The van der Waals surface area contributed by atoms with Crippen molar-refractivity contribution < 1.29 is 4.92 Å². The summed E-state index contributed by atoms with van der Waals surface area (Å²) in [6.45, 7) is 5.51. The van der Waals surface area contributed by atoms with Gasteiger partial charge in [0.15, 0.2) is 0 Å². The highest BCUT2D eigenvalue weighted by molar-refractivity contribution is 5.32. The Bertz CT molecular complexity index is 837. The van der Waals surface area contributed by atoms with Crippen molar-refractivity contribution in [2.24, 2.45) is 5.92 Å². The van der Waals surface area contributed by atoms with Crippen LogP contribution in [0.15, 0.2) is 34.1 Å². The zero-order valence-corrected chi connectivity index (χ0v) is 13.2. The van der Waals surface area contributed by atoms with Gasteiger partial charge in [-0.25, -0.2) is 9.36 Å². The quantitative estimate of drug-likeness (QED) is 0.611. The van der Waals surface area contributed by atoms with E-state index < -0.39 is 21.9 Å². The highest BCUT2D eigenvalue weighted by atomic mass is 16.6. The lowest BCUT2D eigenvalue weighted by molar-refractivity contribution is -0.387. The van der Waals surface area contributed by atoms with Crippen molar-refractivity contribution in [3.63, 3.8) is 0 Å². The van der Waals surface area contributed by atoms with Crippen molar-refractivity contribution in [2.45, 2.75) is 33.9 Å². The lowest BCUT2D eigenvalue weighted by Crippen LogP contribution is -2.43. The van der Waals surface area contributed by atoms with Crippen LogP contribution in [0.1, 0.15) is 25.1 Å². The van der Waals surface area contributed by atoms with E-state index in [1.807, 2.05) is 13.8 Å². The third-order valence-corrected chi connectivity index (χ3v) is 3.48. The number of rotatable bonds is 5. The molecule has 0 atom stereocenters. The largest absolute Gasteiger partial charge is 0.353 e. The number of nitrogens with zero attached hydrogens (tertiary/aromatic N) is 4. The van der Waals surface area contributed by atoms with Crippen LogP contribution in [0.25, 0.3) is 0 Å². The molecule has 2 heterocycles. The maximum atomic E-state index is 12.6. The van der Waals surface area contributed by atoms with E-state index in [-0.39, 0.29) is 18.2 Å². The fourth-order valence-electron chi connectivity index (χ4n) is 2.39. The van der Waals surface area contributed by atoms with Crippen LogP contribution in [-0.4, -0.2) is 19.0 Å². The zero-order chi connectivity index (χ0) is 17.1. The molecule has 0 spiro atoms. The smallest absolute Gasteiger partial charge is 0.291 e. The Balaban J connectivity index is 2.70. The lowest BCUT2D eigenvalue weighted by atomic mass is 10.2. The summed E-state index contributed by atoms with van der Waals surface area (Å²) in [6.07, 6.45) is 3.07. The van der Waals surface area contributed by atoms with E-state index in [9.17, 15) is 19.7 Å². The minimum absolute atomic E-state index is 0.0284. The van der Waals surface area contributed by atoms with Crippen LogP contribution in [0.4, 0.5) is 5.69 Å². The summed E-state index contributed by atoms with van der Waals surface area (Å²) in [4.78, 5) is 39.4. The van der Waals surface area contributed by atoms with Crippen molar-refractivity contribution in [1.29, 1.82) is 0 Å². The first-order chi connectivity index (χ1) is 10.8. The van der Waals surface area contributed by atoms with Gasteiger partial charge in [0, 0.05) is 18.9 Å². The molecule has 0 N–H and O–H groups in total. The molecule has 0 fully saturated rings. The molecule has 2 aromatic rings. The summed E-state index contributed by atoms with van der Waals surface area (Å²) in [6, 6.07) is 3.31. The fraction of sp³-hybridized carbons (Fsp3) is 0.400. The van der Waals surface area contributed by atoms with E-state index in [2.05, 4.69) is 4.98 Å². The van der Waals surface area contributed by atoms with Crippen molar-refractivity contribution in [1.82, 2.24) is 14.1 Å². The molecule has 122 valence electrons. The van der Waals surface area contributed by atoms with Gasteiger partial charge in [-0.1, -0.05) is 13.8 Å². The lowest BCUT2D eigenvalue weighted by Gasteiger charge is -2.15. The zero-order valence-electron chi connectivity index (χ0n) is 13.2. The van der Waals surface area contributed by atoms with Crippen LogP contribution >= 0.6 is 0 Å². The Kier molecular flexibility index (Phi) is 4.73. The van der Waals surface area contributed by atoms with Crippen molar-refractivity contribution >= 4 is 5.69 Å². The normalized spacial score (nSPS) is 11.0. The molecule has 8 heteroatoms. The Morgan fingerprint density at radius 3 is 2.35 bits per heavy atom. The topological polar surface area (TPSA) is 100 Å². The average molecular weight is 318 g/mol. The van der Waals surface area contributed by atoms with Crippen LogP contribution < -0.4 is 11.2 Å². The predicted molar refractivity (Wildman–Crippen MR) is 84.5 cm³/mol. The van der Waals surface area contributed by atoms with Gasteiger partial charge in [0.1, 0.15) is 5.69 Å². The van der Waals surface area contributed by atoms with E-state index in [0.717, 1.165) is 4.57 Å². The fourth-order valence-corrected chi connectivity index (χ4v) is 2.39. The first kappa shape index (κ1) is 16.6. The third kappa shape index (κ3) is 3.36. The number of hydrogen-bond acceptors (Lipinski definition) is 5. The Hall–Kier alpha value is -2.77. The van der Waals surface area contributed by atoms with Gasteiger partial charge >= 0.3 is 16.9 Å². The van der Waals surface area contributed by atoms with E-state index in [1.165, 1.54) is 23.9 Å². The standard InChI is InChI=1S/C15H18N4O4/c1-10(2)8-17-11(3)13(19(22)23)14(20)18(15(17)21)9-12-4-6-16-7-5-12/h4-7,10H,8-9H2,1-3H3. The number of nitro groups is 1. The van der Waals surface area contributed by atoms with E-state index in [4.69, 9.17) is 0 Å². The summed E-state index contributed by atoms with van der Waals surface area (Å²) < 4.78 is 2.20. The van der Waals surface area contributed by atoms with Crippen molar-refractivity contribution in [3.05, 3.63) is 66.7 Å². The third-order valence-electron chi connectivity index (χ3n) is 3.48. The molecule has 0 radical (unpaired) electrons. The van der Waals surface area contributed by atoms with Crippen LogP contribution in [-0.2, 0) is 13.1 Å². The maximum Gasteiger partial charge on any atom is 0.353 e. The maximum absolute atomic E-state index is 12.6. The Morgan fingerprint density at radius 2 is 1.83 bits per heavy atom. The van der Waals surface area contributed by atoms with Gasteiger partial charge in [-0.15, -0.1) is 0 Å². The second-order valence-corrected chi connectivity index (χ2v) is 5.72. The average Bonchev–Trinajstić information content (AvgIpc) is 2.48. The molecule has 0 aliphatic carbocycles. The van der Waals surface area contributed by atoms with Gasteiger partial charge < -0.3 is 0 Å². The predicted octanol–water partition coefficient (Wildman–Crippen LogP) is 1.33. The molecule has 0 amide bonds. The summed E-state index contributed by atoms with van der Waals surface area (Å²) in [5.41, 5.74) is -1.21. The van der Waals surface area contributed by atoms with Gasteiger partial charge in [0.05, 0.1) is 11.5 Å². The molecule has 0 saturated heterocycles. The van der Waals surface area contributed by atoms with Gasteiger partial charge in [0.25, 0.3) is 0 Å². The summed E-state index contributed by atoms with van der Waals surface area (Å²) in [7, 11) is 0. The number of pyridine rings is 1. The first-order valence-corrected chi connectivity index (χ1v) is 7.20. The van der Waals surface area contributed by atoms with Crippen LogP contribution in [0.5, 0.6) is 0 Å². The van der Waals surface area contributed by atoms with Crippen molar-refractivity contribution in [2.75, 3.05) is 0 Å². The molecule has 0 saturated carbocycles. The summed E-state index contributed by atoms with van der Waals surface area (Å²) in [5.74, 6) is 0.109. The summed E-state index contributed by atoms with van der Waals surface area (Å²) in [5, 5.41) is 11.3. The number of hydrogen-bond donors (Lipinski definition) is 0. The van der Waals surface area contributed by atoms with Gasteiger partial charge in [-0.3, -0.25) is 24.5 Å². The molecule has 23 heavy (non-hydrogen) atoms. The van der Waals surface area contributed by atoms with Gasteiger partial charge in [-0.05, 0) is 30.5 Å². The SMILES string of the molecule is Cc1c([N+](=O)[O-])c(=O)n(Cc2ccncc2)c(=O)n1CC(C)C. The molecule has 0 bridgehead atoms. The Labute approximate surface area is 132 Å². The molecule has 0 aliphatic rings. The first-order valence-electron chi connectivity index (χ1n) is 7.20. The van der Waals surface area contributed by atoms with Gasteiger partial charge in [0.2, 0.25) is 0 Å². The monoisotopic (exact) mass is 318 g/mol. The minimum Gasteiger partial charge on any atom is -0.291 e. The van der Waals surface area contributed by atoms with Crippen LogP contribution in [0, 0.1) is 23.0 Å². The molecular weight excluding hydrogens is 300 g/mol. The molecule has 2 aromatic heterocycles.